The molecule has 0 atom stereocenters. The minimum Gasteiger partial charge on any atom is -0.493 e. The Morgan fingerprint density at radius 1 is 1.50 bits per heavy atom. The first-order valence-corrected chi connectivity index (χ1v) is 7.32. The highest BCUT2D eigenvalue weighted by molar-refractivity contribution is 9.10. The average molecular weight is 335 g/mol. The van der Waals surface area contributed by atoms with Crippen molar-refractivity contribution in [3.63, 3.8) is 0 Å². The maximum Gasteiger partial charge on any atom is 0.168 e. The van der Waals surface area contributed by atoms with Crippen LogP contribution in [0.15, 0.2) is 22.7 Å². The second-order valence-electron chi connectivity index (χ2n) is 4.99. The zero-order chi connectivity index (χ0) is 14.3. The van der Waals surface area contributed by atoms with Gasteiger partial charge >= 0.3 is 0 Å². The van der Waals surface area contributed by atoms with Gasteiger partial charge in [0.25, 0.3) is 0 Å². The molecule has 4 nitrogen and oxygen atoms in total. The number of hydrogen-bond donors (Lipinski definition) is 0. The van der Waals surface area contributed by atoms with Gasteiger partial charge in [0.2, 0.25) is 0 Å². The van der Waals surface area contributed by atoms with Crippen molar-refractivity contribution in [1.82, 2.24) is 9.78 Å². The van der Waals surface area contributed by atoms with Crippen molar-refractivity contribution in [2.45, 2.75) is 19.8 Å². The van der Waals surface area contributed by atoms with Crippen molar-refractivity contribution in [2.75, 3.05) is 6.61 Å². The van der Waals surface area contributed by atoms with Crippen molar-refractivity contribution in [3.05, 3.63) is 45.2 Å². The second-order valence-corrected chi connectivity index (χ2v) is 5.78. The molecule has 0 amide bonds. The van der Waals surface area contributed by atoms with E-state index in [4.69, 9.17) is 4.74 Å². The Morgan fingerprint density at radius 2 is 2.30 bits per heavy atom. The number of ketones is 1. The van der Waals surface area contributed by atoms with Crippen LogP contribution in [0.5, 0.6) is 5.75 Å². The van der Waals surface area contributed by atoms with Crippen LogP contribution in [0.3, 0.4) is 0 Å². The molecule has 2 heterocycles. The van der Waals surface area contributed by atoms with E-state index in [0.717, 1.165) is 39.2 Å². The fraction of sp³-hybridized carbons (Fsp3) is 0.333. The third kappa shape index (κ3) is 2.26. The number of benzene rings is 1. The highest BCUT2D eigenvalue weighted by Crippen LogP contribution is 2.27. The maximum absolute atomic E-state index is 12.4. The highest BCUT2D eigenvalue weighted by atomic mass is 79.9. The smallest absolute Gasteiger partial charge is 0.168 e. The highest BCUT2D eigenvalue weighted by Gasteiger charge is 2.18. The summed E-state index contributed by atoms with van der Waals surface area (Å²) < 4.78 is 8.13. The zero-order valence-corrected chi connectivity index (χ0v) is 13.0. The predicted molar refractivity (Wildman–Crippen MR) is 79.3 cm³/mol. The third-order valence-electron chi connectivity index (χ3n) is 3.60. The van der Waals surface area contributed by atoms with E-state index in [0.29, 0.717) is 13.0 Å². The van der Waals surface area contributed by atoms with Gasteiger partial charge in [-0.2, -0.15) is 5.10 Å². The number of fused-ring (bicyclic) bond motifs is 1. The summed E-state index contributed by atoms with van der Waals surface area (Å²) in [5.41, 5.74) is 3.66. The topological polar surface area (TPSA) is 44.1 Å². The molecule has 0 radical (unpaired) electrons. The summed E-state index contributed by atoms with van der Waals surface area (Å²) in [6, 6.07) is 5.67. The molecule has 0 N–H and O–H groups in total. The van der Waals surface area contributed by atoms with E-state index < -0.39 is 0 Å². The van der Waals surface area contributed by atoms with Gasteiger partial charge in [0.15, 0.2) is 5.78 Å². The minimum atomic E-state index is 0.100. The molecule has 1 aromatic carbocycles. The molecule has 0 bridgehead atoms. The SMILES string of the molecule is Cc1nn(C)c(CC(=O)c2ccc3c(c2)CCO3)c1Br. The van der Waals surface area contributed by atoms with Crippen molar-refractivity contribution in [1.29, 1.82) is 0 Å². The lowest BCUT2D eigenvalue weighted by atomic mass is 10.0. The van der Waals surface area contributed by atoms with E-state index >= 15 is 0 Å². The number of halogens is 1. The first kappa shape index (κ1) is 13.4. The Hall–Kier alpha value is -1.62. The van der Waals surface area contributed by atoms with Crippen LogP contribution < -0.4 is 4.74 Å². The monoisotopic (exact) mass is 334 g/mol. The van der Waals surface area contributed by atoms with E-state index in [9.17, 15) is 4.79 Å². The number of carbonyl (C=O) groups is 1. The number of carbonyl (C=O) groups excluding carboxylic acids is 1. The average Bonchev–Trinajstić information content (AvgIpc) is 2.98. The van der Waals surface area contributed by atoms with Crippen LogP contribution in [0.4, 0.5) is 0 Å². The second kappa shape index (κ2) is 5.05. The molecular weight excluding hydrogens is 320 g/mol. The summed E-state index contributed by atoms with van der Waals surface area (Å²) in [6.07, 6.45) is 1.22. The molecule has 104 valence electrons. The zero-order valence-electron chi connectivity index (χ0n) is 11.4. The van der Waals surface area contributed by atoms with Crippen molar-refractivity contribution in [3.8, 4) is 5.75 Å². The van der Waals surface area contributed by atoms with Crippen molar-refractivity contribution in [2.24, 2.45) is 7.05 Å². The largest absolute Gasteiger partial charge is 0.493 e. The standard InChI is InChI=1S/C15H15BrN2O2/c1-9-15(16)12(18(2)17-9)8-13(19)10-3-4-14-11(7-10)5-6-20-14/h3-4,7H,5-6,8H2,1-2H3. The summed E-state index contributed by atoms with van der Waals surface area (Å²) in [5.74, 6) is 1.00. The normalized spacial score (nSPS) is 13.2. The molecule has 0 unspecified atom stereocenters. The molecule has 1 aliphatic rings. The number of ether oxygens (including phenoxy) is 1. The van der Waals surface area contributed by atoms with Gasteiger partial charge in [-0.15, -0.1) is 0 Å². The lowest BCUT2D eigenvalue weighted by Crippen LogP contribution is -2.08. The summed E-state index contributed by atoms with van der Waals surface area (Å²) in [4.78, 5) is 12.4. The van der Waals surface area contributed by atoms with Gasteiger partial charge in [-0.1, -0.05) is 0 Å². The van der Waals surface area contributed by atoms with Crippen LogP contribution >= 0.6 is 15.9 Å². The molecular formula is C15H15BrN2O2. The van der Waals surface area contributed by atoms with Crippen LogP contribution in [0.2, 0.25) is 0 Å². The van der Waals surface area contributed by atoms with Crippen molar-refractivity contribution < 1.29 is 9.53 Å². The number of aromatic nitrogens is 2. The third-order valence-corrected chi connectivity index (χ3v) is 4.63. The van der Waals surface area contributed by atoms with Crippen LogP contribution in [-0.4, -0.2) is 22.2 Å². The van der Waals surface area contributed by atoms with Gasteiger partial charge in [-0.3, -0.25) is 9.48 Å². The Labute approximate surface area is 125 Å². The van der Waals surface area contributed by atoms with Gasteiger partial charge < -0.3 is 4.74 Å². The lowest BCUT2D eigenvalue weighted by Gasteiger charge is -2.05. The molecule has 0 saturated carbocycles. The Bertz CT molecular complexity index is 691. The summed E-state index contributed by atoms with van der Waals surface area (Å²) in [6.45, 7) is 2.63. The molecule has 1 aromatic heterocycles. The quantitative estimate of drug-likeness (QED) is 0.810. The molecule has 1 aliphatic heterocycles. The van der Waals surface area contributed by atoms with Crippen LogP contribution in [-0.2, 0) is 19.9 Å². The van der Waals surface area contributed by atoms with E-state index in [2.05, 4.69) is 21.0 Å². The van der Waals surface area contributed by atoms with Crippen LogP contribution in [0.1, 0.15) is 27.3 Å². The van der Waals surface area contributed by atoms with E-state index in [1.54, 1.807) is 4.68 Å². The molecule has 5 heteroatoms. The number of aryl methyl sites for hydroxylation is 2. The molecule has 0 aliphatic carbocycles. The van der Waals surface area contributed by atoms with E-state index in [1.165, 1.54) is 0 Å². The lowest BCUT2D eigenvalue weighted by molar-refractivity contribution is 0.0990. The minimum absolute atomic E-state index is 0.100. The van der Waals surface area contributed by atoms with Gasteiger partial charge in [-0.05, 0) is 46.6 Å². The molecule has 3 rings (SSSR count). The molecule has 20 heavy (non-hydrogen) atoms. The van der Waals surface area contributed by atoms with Gasteiger partial charge in [0.1, 0.15) is 5.75 Å². The number of rotatable bonds is 3. The molecule has 0 fully saturated rings. The van der Waals surface area contributed by atoms with E-state index in [1.807, 2.05) is 32.2 Å². The Morgan fingerprint density at radius 3 is 3.00 bits per heavy atom. The Balaban J connectivity index is 1.86. The summed E-state index contributed by atoms with van der Waals surface area (Å²) >= 11 is 3.50. The summed E-state index contributed by atoms with van der Waals surface area (Å²) in [7, 11) is 1.86. The maximum atomic E-state index is 12.4. The Kier molecular flexibility index (Phi) is 3.38. The van der Waals surface area contributed by atoms with Crippen LogP contribution in [0, 0.1) is 6.92 Å². The molecule has 0 saturated heterocycles. The number of Topliss-reactive ketones (excluding diaryl/α,β-unsaturated/α-hetero) is 1. The number of hydrogen-bond acceptors (Lipinski definition) is 3. The fourth-order valence-corrected chi connectivity index (χ4v) is 2.96. The van der Waals surface area contributed by atoms with E-state index in [-0.39, 0.29) is 5.78 Å². The van der Waals surface area contributed by atoms with Gasteiger partial charge in [0.05, 0.1) is 28.9 Å². The summed E-state index contributed by atoms with van der Waals surface area (Å²) in [5, 5.41) is 4.31. The molecule has 2 aromatic rings. The first-order valence-electron chi connectivity index (χ1n) is 6.53. The van der Waals surface area contributed by atoms with Crippen molar-refractivity contribution >= 4 is 21.7 Å². The molecule has 0 spiro atoms. The van der Waals surface area contributed by atoms with Gasteiger partial charge in [-0.25, -0.2) is 0 Å². The van der Waals surface area contributed by atoms with Crippen LogP contribution in [0.25, 0.3) is 0 Å². The number of nitrogens with zero attached hydrogens (tertiary/aromatic N) is 2. The van der Waals surface area contributed by atoms with Gasteiger partial charge in [0, 0.05) is 19.0 Å². The first-order chi connectivity index (χ1) is 9.56. The predicted octanol–water partition coefficient (Wildman–Crippen LogP) is 2.85. The fourth-order valence-electron chi connectivity index (χ4n) is 2.49.